The first kappa shape index (κ1) is 19.6. The molecule has 7 aromatic rings. The summed E-state index contributed by atoms with van der Waals surface area (Å²) in [4.78, 5) is 14.7. The van der Waals surface area contributed by atoms with Gasteiger partial charge in [0, 0.05) is 27.5 Å². The van der Waals surface area contributed by atoms with Crippen LogP contribution < -0.4 is 0 Å². The molecule has 0 saturated heterocycles. The molecular formula is C31H19N3O. The van der Waals surface area contributed by atoms with E-state index in [1.165, 1.54) is 5.39 Å². The van der Waals surface area contributed by atoms with Crippen molar-refractivity contribution in [2.75, 3.05) is 0 Å². The van der Waals surface area contributed by atoms with Crippen molar-refractivity contribution in [3.63, 3.8) is 0 Å². The molecule has 2 heterocycles. The Morgan fingerprint density at radius 3 is 1.74 bits per heavy atom. The van der Waals surface area contributed by atoms with Crippen molar-refractivity contribution in [1.82, 2.24) is 15.0 Å². The van der Waals surface area contributed by atoms with Crippen LogP contribution in [0.15, 0.2) is 120 Å². The second-order valence-corrected chi connectivity index (χ2v) is 8.48. The van der Waals surface area contributed by atoms with Crippen molar-refractivity contribution in [3.8, 4) is 34.2 Å². The minimum Gasteiger partial charge on any atom is -0.456 e. The first-order valence-corrected chi connectivity index (χ1v) is 11.6. The molecule has 2 aromatic heterocycles. The number of fused-ring (bicyclic) bond motifs is 5. The van der Waals surface area contributed by atoms with Gasteiger partial charge in [0.2, 0.25) is 0 Å². The lowest BCUT2D eigenvalue weighted by molar-refractivity contribution is 0.669. The lowest BCUT2D eigenvalue weighted by atomic mass is 10.0. The van der Waals surface area contributed by atoms with E-state index < -0.39 is 0 Å². The van der Waals surface area contributed by atoms with Gasteiger partial charge in [0.05, 0.1) is 0 Å². The van der Waals surface area contributed by atoms with Crippen molar-refractivity contribution in [3.05, 3.63) is 115 Å². The van der Waals surface area contributed by atoms with E-state index in [4.69, 9.17) is 19.4 Å². The van der Waals surface area contributed by atoms with Crippen LogP contribution in [-0.2, 0) is 0 Å². The highest BCUT2D eigenvalue weighted by atomic mass is 16.3. The summed E-state index contributed by atoms with van der Waals surface area (Å²) in [7, 11) is 0. The van der Waals surface area contributed by atoms with Gasteiger partial charge in [-0.3, -0.25) is 0 Å². The number of nitrogens with zero attached hydrogens (tertiary/aromatic N) is 3. The fraction of sp³-hybridized carbons (Fsp3) is 0. The third kappa shape index (κ3) is 3.27. The summed E-state index contributed by atoms with van der Waals surface area (Å²) in [5, 5.41) is 4.42. The van der Waals surface area contributed by atoms with E-state index in [1.807, 2.05) is 78.9 Å². The maximum absolute atomic E-state index is 6.28. The van der Waals surface area contributed by atoms with Gasteiger partial charge in [-0.15, -0.1) is 0 Å². The molecule has 35 heavy (non-hydrogen) atoms. The predicted octanol–water partition coefficient (Wildman–Crippen LogP) is 7.93. The molecule has 0 spiro atoms. The number of benzene rings is 5. The van der Waals surface area contributed by atoms with E-state index in [1.54, 1.807) is 0 Å². The van der Waals surface area contributed by atoms with E-state index in [0.29, 0.717) is 17.5 Å². The summed E-state index contributed by atoms with van der Waals surface area (Å²) in [5.74, 6) is 1.91. The molecule has 164 valence electrons. The highest BCUT2D eigenvalue weighted by Gasteiger charge is 2.18. The van der Waals surface area contributed by atoms with Crippen LogP contribution in [-0.4, -0.2) is 15.0 Å². The van der Waals surface area contributed by atoms with Crippen molar-refractivity contribution >= 4 is 32.7 Å². The Kier molecular flexibility index (Phi) is 4.42. The first-order chi connectivity index (χ1) is 17.3. The van der Waals surface area contributed by atoms with Crippen molar-refractivity contribution in [2.45, 2.75) is 0 Å². The van der Waals surface area contributed by atoms with Crippen molar-refractivity contribution < 1.29 is 4.42 Å². The lowest BCUT2D eigenvalue weighted by Gasteiger charge is -2.09. The predicted molar refractivity (Wildman–Crippen MR) is 141 cm³/mol. The Labute approximate surface area is 201 Å². The van der Waals surface area contributed by atoms with Crippen LogP contribution >= 0.6 is 0 Å². The van der Waals surface area contributed by atoms with Gasteiger partial charge in [-0.05, 0) is 22.9 Å². The Hall–Kier alpha value is -4.83. The second-order valence-electron chi connectivity index (χ2n) is 8.48. The zero-order valence-electron chi connectivity index (χ0n) is 18.7. The van der Waals surface area contributed by atoms with Crippen LogP contribution in [0.2, 0.25) is 0 Å². The first-order valence-electron chi connectivity index (χ1n) is 11.6. The largest absolute Gasteiger partial charge is 0.456 e. The van der Waals surface area contributed by atoms with E-state index >= 15 is 0 Å². The Balaban J connectivity index is 1.57. The van der Waals surface area contributed by atoms with Gasteiger partial charge in [-0.1, -0.05) is 103 Å². The topological polar surface area (TPSA) is 51.8 Å². The molecule has 0 fully saturated rings. The number of hydrogen-bond donors (Lipinski definition) is 0. The monoisotopic (exact) mass is 449 g/mol. The minimum absolute atomic E-state index is 0.624. The molecule has 0 radical (unpaired) electrons. The van der Waals surface area contributed by atoms with Crippen LogP contribution in [0.5, 0.6) is 0 Å². The van der Waals surface area contributed by atoms with Crippen LogP contribution in [0.1, 0.15) is 0 Å². The quantitative estimate of drug-likeness (QED) is 0.275. The van der Waals surface area contributed by atoms with E-state index in [2.05, 4.69) is 36.4 Å². The third-order valence-corrected chi connectivity index (χ3v) is 6.33. The highest BCUT2D eigenvalue weighted by molar-refractivity contribution is 6.22. The van der Waals surface area contributed by atoms with Crippen molar-refractivity contribution in [2.24, 2.45) is 0 Å². The maximum Gasteiger partial charge on any atom is 0.164 e. The number of aromatic nitrogens is 3. The van der Waals surface area contributed by atoms with Gasteiger partial charge < -0.3 is 4.42 Å². The zero-order chi connectivity index (χ0) is 23.2. The molecule has 0 aliphatic carbocycles. The molecule has 0 aliphatic rings. The molecule has 0 atom stereocenters. The zero-order valence-corrected chi connectivity index (χ0v) is 18.7. The molecule has 4 nitrogen and oxygen atoms in total. The molecule has 0 unspecified atom stereocenters. The van der Waals surface area contributed by atoms with Crippen LogP contribution in [0.25, 0.3) is 66.9 Å². The average Bonchev–Trinajstić information content (AvgIpc) is 3.33. The average molecular weight is 450 g/mol. The summed E-state index contributed by atoms with van der Waals surface area (Å²) < 4.78 is 6.28. The fourth-order valence-electron chi connectivity index (χ4n) is 4.70. The van der Waals surface area contributed by atoms with E-state index in [9.17, 15) is 0 Å². The van der Waals surface area contributed by atoms with Gasteiger partial charge in [0.15, 0.2) is 17.5 Å². The summed E-state index contributed by atoms with van der Waals surface area (Å²) >= 11 is 0. The number of furan rings is 1. The molecule has 0 N–H and O–H groups in total. The van der Waals surface area contributed by atoms with E-state index in [-0.39, 0.29) is 0 Å². The standard InChI is InChI=1S/C31H19N3O/c1-3-11-21(12-4-1)29-32-30(22-13-5-2-6-14-22)34-31(33-29)24-16-9-17-25-28(24)27-23-15-8-7-10-20(23)18-19-26(27)35-25/h1-19H. The summed E-state index contributed by atoms with van der Waals surface area (Å²) in [6, 6.07) is 38.7. The number of hydrogen-bond acceptors (Lipinski definition) is 4. The smallest absolute Gasteiger partial charge is 0.164 e. The summed E-state index contributed by atoms with van der Waals surface area (Å²) in [6.07, 6.45) is 0. The maximum atomic E-state index is 6.28. The molecule has 4 heteroatoms. The van der Waals surface area contributed by atoms with Crippen LogP contribution in [0.3, 0.4) is 0 Å². The summed E-state index contributed by atoms with van der Waals surface area (Å²) in [5.41, 5.74) is 4.49. The molecule has 0 bridgehead atoms. The Morgan fingerprint density at radius 1 is 0.429 bits per heavy atom. The second kappa shape index (κ2) is 7.89. The van der Waals surface area contributed by atoms with Gasteiger partial charge in [-0.25, -0.2) is 15.0 Å². The molecule has 0 amide bonds. The molecular weight excluding hydrogens is 430 g/mol. The van der Waals surface area contributed by atoms with E-state index in [0.717, 1.165) is 44.0 Å². The SMILES string of the molecule is c1ccc(-c2nc(-c3ccccc3)nc(-c3cccc4oc5ccc6ccccc6c5c34)n2)cc1. The fourth-order valence-corrected chi connectivity index (χ4v) is 4.70. The van der Waals surface area contributed by atoms with Gasteiger partial charge in [0.25, 0.3) is 0 Å². The lowest BCUT2D eigenvalue weighted by Crippen LogP contribution is -2.00. The van der Waals surface area contributed by atoms with Gasteiger partial charge in [-0.2, -0.15) is 0 Å². The van der Waals surface area contributed by atoms with Crippen LogP contribution in [0.4, 0.5) is 0 Å². The highest BCUT2D eigenvalue weighted by Crippen LogP contribution is 2.39. The third-order valence-electron chi connectivity index (χ3n) is 6.33. The molecule has 7 rings (SSSR count). The number of rotatable bonds is 3. The Bertz CT molecular complexity index is 1780. The van der Waals surface area contributed by atoms with Gasteiger partial charge >= 0.3 is 0 Å². The molecule has 0 saturated carbocycles. The molecule has 0 aliphatic heterocycles. The van der Waals surface area contributed by atoms with Gasteiger partial charge in [0.1, 0.15) is 11.2 Å². The van der Waals surface area contributed by atoms with Crippen molar-refractivity contribution in [1.29, 1.82) is 0 Å². The van der Waals surface area contributed by atoms with Crippen LogP contribution in [0, 0.1) is 0 Å². The Morgan fingerprint density at radius 2 is 1.03 bits per heavy atom. The summed E-state index contributed by atoms with van der Waals surface area (Å²) in [6.45, 7) is 0. The molecule has 5 aromatic carbocycles. The normalized spacial score (nSPS) is 11.4. The minimum atomic E-state index is 0.624.